The molecule has 3 aliphatic carbocycles. The van der Waals surface area contributed by atoms with Crippen LogP contribution >= 0.6 is 0 Å². The zero-order chi connectivity index (χ0) is 14.0. The average Bonchev–Trinajstić information content (AvgIpc) is 3.04. The summed E-state index contributed by atoms with van der Waals surface area (Å²) in [6.07, 6.45) is 8.61. The van der Waals surface area contributed by atoms with Gasteiger partial charge in [-0.15, -0.1) is 0 Å². The van der Waals surface area contributed by atoms with E-state index in [9.17, 15) is 0 Å². The molecule has 3 aliphatic rings. The quantitative estimate of drug-likeness (QED) is 0.882. The van der Waals surface area contributed by atoms with Crippen molar-refractivity contribution in [2.45, 2.75) is 65.0 Å². The Kier molecular flexibility index (Phi) is 2.61. The first-order chi connectivity index (χ1) is 9.51. The minimum atomic E-state index is 0.435. The van der Waals surface area contributed by atoms with Crippen LogP contribution in [0.5, 0.6) is 0 Å². The van der Waals surface area contributed by atoms with E-state index in [0.29, 0.717) is 22.9 Å². The SMILES string of the molecule is CC12CCC(C1)C(C)(C)C2NC1CCc2cccnc21. The molecule has 108 valence electrons. The molecule has 2 fully saturated rings. The monoisotopic (exact) mass is 270 g/mol. The molecule has 2 heteroatoms. The van der Waals surface area contributed by atoms with E-state index in [4.69, 9.17) is 0 Å². The van der Waals surface area contributed by atoms with Crippen LogP contribution in [-0.2, 0) is 6.42 Å². The molecule has 2 saturated carbocycles. The van der Waals surface area contributed by atoms with Crippen molar-refractivity contribution in [3.05, 3.63) is 29.6 Å². The first kappa shape index (κ1) is 12.8. The number of rotatable bonds is 2. The van der Waals surface area contributed by atoms with Crippen LogP contribution in [0.25, 0.3) is 0 Å². The molecule has 1 aromatic heterocycles. The maximum atomic E-state index is 4.65. The first-order valence-electron chi connectivity index (χ1n) is 8.20. The standard InChI is InChI=1S/C18H26N2/c1-17(2)13-8-9-18(3,11-13)16(17)20-14-7-6-12-5-4-10-19-15(12)14/h4-5,10,13-14,16,20H,6-9,11H2,1-3H3. The van der Waals surface area contributed by atoms with Gasteiger partial charge in [0.2, 0.25) is 0 Å². The Bertz CT molecular complexity index is 531. The summed E-state index contributed by atoms with van der Waals surface area (Å²) in [4.78, 5) is 4.65. The van der Waals surface area contributed by atoms with Gasteiger partial charge in [0, 0.05) is 12.2 Å². The second kappa shape index (κ2) is 4.07. The molecule has 20 heavy (non-hydrogen) atoms. The van der Waals surface area contributed by atoms with Crippen LogP contribution in [-0.4, -0.2) is 11.0 Å². The van der Waals surface area contributed by atoms with E-state index in [0.717, 1.165) is 5.92 Å². The van der Waals surface area contributed by atoms with Gasteiger partial charge in [0.25, 0.3) is 0 Å². The van der Waals surface area contributed by atoms with E-state index in [1.54, 1.807) is 0 Å². The Balaban J connectivity index is 1.61. The highest BCUT2D eigenvalue weighted by molar-refractivity contribution is 5.28. The number of nitrogens with one attached hydrogen (secondary N) is 1. The van der Waals surface area contributed by atoms with Gasteiger partial charge < -0.3 is 5.32 Å². The van der Waals surface area contributed by atoms with Crippen LogP contribution in [0.3, 0.4) is 0 Å². The summed E-state index contributed by atoms with van der Waals surface area (Å²) < 4.78 is 0. The van der Waals surface area contributed by atoms with Crippen LogP contribution in [0.15, 0.2) is 18.3 Å². The van der Waals surface area contributed by atoms with E-state index < -0.39 is 0 Å². The highest BCUT2D eigenvalue weighted by atomic mass is 15.0. The molecule has 1 aromatic rings. The zero-order valence-corrected chi connectivity index (χ0v) is 12.9. The maximum absolute atomic E-state index is 4.65. The summed E-state index contributed by atoms with van der Waals surface area (Å²) in [5, 5.41) is 4.03. The lowest BCUT2D eigenvalue weighted by Gasteiger charge is -2.44. The fraction of sp³-hybridized carbons (Fsp3) is 0.722. The molecule has 4 unspecified atom stereocenters. The van der Waals surface area contributed by atoms with Gasteiger partial charge in [-0.2, -0.15) is 0 Å². The Morgan fingerprint density at radius 3 is 2.85 bits per heavy atom. The van der Waals surface area contributed by atoms with Gasteiger partial charge in [0.15, 0.2) is 0 Å². The zero-order valence-electron chi connectivity index (χ0n) is 12.9. The highest BCUT2D eigenvalue weighted by Gasteiger charge is 2.59. The van der Waals surface area contributed by atoms with Crippen LogP contribution < -0.4 is 5.32 Å². The normalized spacial score (nSPS) is 41.0. The van der Waals surface area contributed by atoms with Crippen molar-refractivity contribution >= 4 is 0 Å². The molecular weight excluding hydrogens is 244 g/mol. The summed E-state index contributed by atoms with van der Waals surface area (Å²) in [6, 6.07) is 5.44. The third-order valence-corrected chi connectivity index (χ3v) is 6.60. The minimum Gasteiger partial charge on any atom is -0.305 e. The Morgan fingerprint density at radius 2 is 2.10 bits per heavy atom. The molecule has 4 rings (SSSR count). The minimum absolute atomic E-state index is 0.435. The molecule has 0 saturated heterocycles. The Morgan fingerprint density at radius 1 is 1.25 bits per heavy atom. The summed E-state index contributed by atoms with van der Waals surface area (Å²) in [5.74, 6) is 0.912. The van der Waals surface area contributed by atoms with Crippen molar-refractivity contribution in [1.82, 2.24) is 10.3 Å². The van der Waals surface area contributed by atoms with Crippen molar-refractivity contribution in [2.24, 2.45) is 16.7 Å². The van der Waals surface area contributed by atoms with Gasteiger partial charge in [-0.1, -0.05) is 26.8 Å². The van der Waals surface area contributed by atoms with Gasteiger partial charge in [-0.25, -0.2) is 0 Å². The predicted molar refractivity (Wildman–Crippen MR) is 81.5 cm³/mol. The molecule has 0 aromatic carbocycles. The maximum Gasteiger partial charge on any atom is 0.0605 e. The van der Waals surface area contributed by atoms with E-state index in [2.05, 4.69) is 43.2 Å². The molecule has 0 radical (unpaired) electrons. The molecule has 0 amide bonds. The lowest BCUT2D eigenvalue weighted by atomic mass is 9.68. The van der Waals surface area contributed by atoms with Crippen molar-refractivity contribution in [3.8, 4) is 0 Å². The molecule has 1 N–H and O–H groups in total. The first-order valence-corrected chi connectivity index (χ1v) is 8.20. The number of aryl methyl sites for hydroxylation is 1. The van der Waals surface area contributed by atoms with Gasteiger partial charge in [-0.05, 0) is 60.5 Å². The topological polar surface area (TPSA) is 24.9 Å². The van der Waals surface area contributed by atoms with Crippen LogP contribution in [0.4, 0.5) is 0 Å². The van der Waals surface area contributed by atoms with Gasteiger partial charge in [0.1, 0.15) is 0 Å². The van der Waals surface area contributed by atoms with Crippen LogP contribution in [0.1, 0.15) is 63.8 Å². The van der Waals surface area contributed by atoms with Gasteiger partial charge in [0.05, 0.1) is 11.7 Å². The summed E-state index contributed by atoms with van der Waals surface area (Å²) in [5.41, 5.74) is 3.71. The van der Waals surface area contributed by atoms with E-state index in [1.165, 1.54) is 43.4 Å². The number of hydrogen-bond acceptors (Lipinski definition) is 2. The van der Waals surface area contributed by atoms with Gasteiger partial charge >= 0.3 is 0 Å². The largest absolute Gasteiger partial charge is 0.305 e. The second-order valence-electron chi connectivity index (χ2n) is 8.15. The average molecular weight is 270 g/mol. The highest BCUT2D eigenvalue weighted by Crippen LogP contribution is 2.62. The Labute approximate surface area is 122 Å². The Hall–Kier alpha value is -0.890. The van der Waals surface area contributed by atoms with E-state index in [-0.39, 0.29) is 0 Å². The van der Waals surface area contributed by atoms with Crippen molar-refractivity contribution in [1.29, 1.82) is 0 Å². The molecule has 4 atom stereocenters. The second-order valence-corrected chi connectivity index (χ2v) is 8.15. The van der Waals surface area contributed by atoms with Gasteiger partial charge in [-0.3, -0.25) is 4.98 Å². The summed E-state index contributed by atoms with van der Waals surface area (Å²) in [6.45, 7) is 7.47. The van der Waals surface area contributed by atoms with Crippen LogP contribution in [0, 0.1) is 16.7 Å². The van der Waals surface area contributed by atoms with E-state index in [1.807, 2.05) is 6.20 Å². The van der Waals surface area contributed by atoms with E-state index >= 15 is 0 Å². The lowest BCUT2D eigenvalue weighted by molar-refractivity contribution is 0.0978. The fourth-order valence-corrected chi connectivity index (χ4v) is 5.49. The predicted octanol–water partition coefficient (Wildman–Crippen LogP) is 3.87. The van der Waals surface area contributed by atoms with Crippen molar-refractivity contribution in [3.63, 3.8) is 0 Å². The summed E-state index contributed by atoms with van der Waals surface area (Å²) >= 11 is 0. The third kappa shape index (κ3) is 1.64. The number of fused-ring (bicyclic) bond motifs is 3. The molecule has 2 nitrogen and oxygen atoms in total. The van der Waals surface area contributed by atoms with Crippen molar-refractivity contribution in [2.75, 3.05) is 0 Å². The molecule has 2 bridgehead atoms. The molecular formula is C18H26N2. The number of nitrogens with zero attached hydrogens (tertiary/aromatic N) is 1. The molecule has 0 spiro atoms. The lowest BCUT2D eigenvalue weighted by Crippen LogP contribution is -2.51. The fourth-order valence-electron chi connectivity index (χ4n) is 5.49. The third-order valence-electron chi connectivity index (χ3n) is 6.60. The van der Waals surface area contributed by atoms with Crippen LogP contribution in [0.2, 0.25) is 0 Å². The number of pyridine rings is 1. The number of hydrogen-bond donors (Lipinski definition) is 1. The van der Waals surface area contributed by atoms with Crippen molar-refractivity contribution < 1.29 is 0 Å². The number of aromatic nitrogens is 1. The molecule has 0 aliphatic heterocycles. The smallest absolute Gasteiger partial charge is 0.0605 e. The molecule has 1 heterocycles. The summed E-state index contributed by atoms with van der Waals surface area (Å²) in [7, 11) is 0.